The molecule has 0 spiro atoms. The topological polar surface area (TPSA) is 79.5 Å². The normalized spacial score (nSPS) is 11.0. The zero-order valence-electron chi connectivity index (χ0n) is 10.6. The standard InChI is InChI=1S/C12H9Br3N4O2/c1-19-5-9(15)10(18-19)12(21)17-16-4-6-2-7(13)3-8(14)11(6)20/h2-5,20H,1H3,(H,17,21). The van der Waals surface area contributed by atoms with Crippen LogP contribution in [-0.4, -0.2) is 27.0 Å². The second kappa shape index (κ2) is 6.71. The Morgan fingerprint density at radius 2 is 2.10 bits per heavy atom. The third-order valence-electron chi connectivity index (χ3n) is 2.43. The summed E-state index contributed by atoms with van der Waals surface area (Å²) in [5, 5.41) is 17.7. The molecule has 1 aromatic carbocycles. The highest BCUT2D eigenvalue weighted by atomic mass is 79.9. The molecule has 2 N–H and O–H groups in total. The lowest BCUT2D eigenvalue weighted by atomic mass is 10.2. The molecule has 1 aromatic heterocycles. The number of carbonyl (C=O) groups is 1. The molecule has 2 rings (SSSR count). The minimum atomic E-state index is -0.452. The number of halogens is 3. The SMILES string of the molecule is Cn1cc(Br)c(C(=O)NN=Cc2cc(Br)cc(Br)c2O)n1. The highest BCUT2D eigenvalue weighted by Gasteiger charge is 2.13. The van der Waals surface area contributed by atoms with Crippen molar-refractivity contribution in [1.82, 2.24) is 15.2 Å². The summed E-state index contributed by atoms with van der Waals surface area (Å²) in [4.78, 5) is 11.9. The summed E-state index contributed by atoms with van der Waals surface area (Å²) in [5.74, 6) is -0.414. The zero-order chi connectivity index (χ0) is 15.6. The van der Waals surface area contributed by atoms with Gasteiger partial charge in [0.15, 0.2) is 5.69 Å². The van der Waals surface area contributed by atoms with Crippen molar-refractivity contribution in [1.29, 1.82) is 0 Å². The molecule has 0 aliphatic rings. The fourth-order valence-electron chi connectivity index (χ4n) is 1.51. The van der Waals surface area contributed by atoms with E-state index in [2.05, 4.69) is 63.4 Å². The number of rotatable bonds is 3. The molecule has 0 bridgehead atoms. The number of phenolic OH excluding ortho intramolecular Hbond substituents is 1. The molecule has 6 nitrogen and oxygen atoms in total. The smallest absolute Gasteiger partial charge is 0.293 e. The van der Waals surface area contributed by atoms with Gasteiger partial charge in [-0.2, -0.15) is 10.2 Å². The van der Waals surface area contributed by atoms with E-state index in [-0.39, 0.29) is 11.4 Å². The first kappa shape index (κ1) is 16.2. The highest BCUT2D eigenvalue weighted by Crippen LogP contribution is 2.30. The van der Waals surface area contributed by atoms with E-state index in [1.165, 1.54) is 10.9 Å². The van der Waals surface area contributed by atoms with Crippen LogP contribution in [0.2, 0.25) is 0 Å². The van der Waals surface area contributed by atoms with Gasteiger partial charge in [-0.25, -0.2) is 5.43 Å². The number of hydrazone groups is 1. The number of nitrogens with one attached hydrogen (secondary N) is 1. The maximum Gasteiger partial charge on any atom is 0.293 e. The average Bonchev–Trinajstić information content (AvgIpc) is 2.74. The Balaban J connectivity index is 2.13. The molecule has 2 aromatic rings. The van der Waals surface area contributed by atoms with Crippen LogP contribution in [0.4, 0.5) is 0 Å². The molecule has 9 heteroatoms. The van der Waals surface area contributed by atoms with Gasteiger partial charge in [0.25, 0.3) is 5.91 Å². The van der Waals surface area contributed by atoms with Crippen LogP contribution in [-0.2, 0) is 7.05 Å². The quantitative estimate of drug-likeness (QED) is 0.523. The number of aryl methyl sites for hydroxylation is 1. The number of hydrogen-bond donors (Lipinski definition) is 2. The van der Waals surface area contributed by atoms with Crippen molar-refractivity contribution < 1.29 is 9.90 Å². The van der Waals surface area contributed by atoms with Crippen LogP contribution in [0.1, 0.15) is 16.1 Å². The number of amides is 1. The van der Waals surface area contributed by atoms with Gasteiger partial charge in [-0.05, 0) is 44.0 Å². The van der Waals surface area contributed by atoms with Gasteiger partial charge in [0.1, 0.15) is 5.75 Å². The summed E-state index contributed by atoms with van der Waals surface area (Å²) in [5.41, 5.74) is 3.04. The van der Waals surface area contributed by atoms with Crippen molar-refractivity contribution in [2.75, 3.05) is 0 Å². The average molecular weight is 481 g/mol. The van der Waals surface area contributed by atoms with E-state index in [0.717, 1.165) is 4.47 Å². The Labute approximate surface area is 145 Å². The number of hydrogen-bond acceptors (Lipinski definition) is 4. The van der Waals surface area contributed by atoms with Crippen LogP contribution >= 0.6 is 47.8 Å². The number of nitrogens with zero attached hydrogens (tertiary/aromatic N) is 3. The number of benzene rings is 1. The summed E-state index contributed by atoms with van der Waals surface area (Å²) in [6.45, 7) is 0. The van der Waals surface area contributed by atoms with E-state index in [0.29, 0.717) is 14.5 Å². The first-order chi connectivity index (χ1) is 9.88. The number of phenols is 1. The van der Waals surface area contributed by atoms with Crippen molar-refractivity contribution >= 4 is 59.9 Å². The van der Waals surface area contributed by atoms with Crippen molar-refractivity contribution in [2.45, 2.75) is 0 Å². The Morgan fingerprint density at radius 3 is 2.71 bits per heavy atom. The second-order valence-corrected chi connectivity index (χ2v) is 6.65. The monoisotopic (exact) mass is 478 g/mol. The van der Waals surface area contributed by atoms with Crippen LogP contribution in [0.25, 0.3) is 0 Å². The number of carbonyl (C=O) groups excluding carboxylic acids is 1. The van der Waals surface area contributed by atoms with Crippen LogP contribution in [0, 0.1) is 0 Å². The Bertz CT molecular complexity index is 728. The molecule has 0 radical (unpaired) electrons. The Kier molecular flexibility index (Phi) is 5.17. The predicted octanol–water partition coefficient (Wildman–Crippen LogP) is 3.18. The molecule has 0 saturated heterocycles. The van der Waals surface area contributed by atoms with Gasteiger partial charge in [0.05, 0.1) is 15.2 Å². The predicted molar refractivity (Wildman–Crippen MR) is 89.5 cm³/mol. The van der Waals surface area contributed by atoms with Gasteiger partial charge >= 0.3 is 0 Å². The third-order valence-corrected chi connectivity index (χ3v) is 4.07. The van der Waals surface area contributed by atoms with Gasteiger partial charge in [-0.3, -0.25) is 9.48 Å². The molecule has 0 aliphatic carbocycles. The lowest BCUT2D eigenvalue weighted by Gasteiger charge is -2.02. The summed E-state index contributed by atoms with van der Waals surface area (Å²) in [7, 11) is 1.71. The van der Waals surface area contributed by atoms with Crippen LogP contribution in [0.3, 0.4) is 0 Å². The minimum Gasteiger partial charge on any atom is -0.506 e. The number of aromatic nitrogens is 2. The van der Waals surface area contributed by atoms with Gasteiger partial charge < -0.3 is 5.11 Å². The molecule has 0 aliphatic heterocycles. The van der Waals surface area contributed by atoms with Crippen molar-refractivity contribution in [2.24, 2.45) is 12.1 Å². The van der Waals surface area contributed by atoms with Crippen molar-refractivity contribution in [3.8, 4) is 5.75 Å². The lowest BCUT2D eigenvalue weighted by Crippen LogP contribution is -2.19. The molecular formula is C12H9Br3N4O2. The van der Waals surface area contributed by atoms with E-state index in [9.17, 15) is 9.90 Å². The molecule has 0 saturated carbocycles. The first-order valence-corrected chi connectivity index (χ1v) is 7.97. The minimum absolute atomic E-state index is 0.0372. The molecule has 110 valence electrons. The van der Waals surface area contributed by atoms with E-state index < -0.39 is 5.91 Å². The van der Waals surface area contributed by atoms with Gasteiger partial charge in [0.2, 0.25) is 0 Å². The zero-order valence-corrected chi connectivity index (χ0v) is 15.4. The maximum atomic E-state index is 11.9. The molecule has 0 fully saturated rings. The summed E-state index contributed by atoms with van der Waals surface area (Å²) < 4.78 is 3.38. The van der Waals surface area contributed by atoms with E-state index in [1.54, 1.807) is 25.4 Å². The third kappa shape index (κ3) is 3.92. The van der Waals surface area contributed by atoms with Crippen molar-refractivity contribution in [3.05, 3.63) is 43.0 Å². The van der Waals surface area contributed by atoms with E-state index in [4.69, 9.17) is 0 Å². The van der Waals surface area contributed by atoms with Crippen molar-refractivity contribution in [3.63, 3.8) is 0 Å². The molecular weight excluding hydrogens is 472 g/mol. The highest BCUT2D eigenvalue weighted by molar-refractivity contribution is 9.11. The number of aromatic hydroxyl groups is 1. The molecule has 0 atom stereocenters. The molecule has 0 unspecified atom stereocenters. The fourth-order valence-corrected chi connectivity index (χ4v) is 3.33. The Hall–Kier alpha value is -1.19. The lowest BCUT2D eigenvalue weighted by molar-refractivity contribution is 0.0948. The van der Waals surface area contributed by atoms with E-state index in [1.807, 2.05) is 0 Å². The maximum absolute atomic E-state index is 11.9. The van der Waals surface area contributed by atoms with Crippen LogP contribution < -0.4 is 5.43 Å². The van der Waals surface area contributed by atoms with E-state index >= 15 is 0 Å². The fraction of sp³-hybridized carbons (Fsp3) is 0.0833. The summed E-state index contributed by atoms with van der Waals surface area (Å²) >= 11 is 9.76. The Morgan fingerprint density at radius 1 is 1.38 bits per heavy atom. The molecule has 21 heavy (non-hydrogen) atoms. The summed E-state index contributed by atoms with van der Waals surface area (Å²) in [6.07, 6.45) is 3.01. The summed E-state index contributed by atoms with van der Waals surface area (Å²) in [6, 6.07) is 3.38. The van der Waals surface area contributed by atoms with Crippen LogP contribution in [0.15, 0.2) is 36.8 Å². The molecule has 1 amide bonds. The largest absolute Gasteiger partial charge is 0.506 e. The van der Waals surface area contributed by atoms with Crippen LogP contribution in [0.5, 0.6) is 5.75 Å². The molecule has 1 heterocycles. The van der Waals surface area contributed by atoms with Gasteiger partial charge in [0, 0.05) is 23.3 Å². The van der Waals surface area contributed by atoms with Gasteiger partial charge in [-0.15, -0.1) is 0 Å². The second-order valence-electron chi connectivity index (χ2n) is 4.02. The first-order valence-electron chi connectivity index (χ1n) is 5.59. The van der Waals surface area contributed by atoms with Gasteiger partial charge in [-0.1, -0.05) is 15.9 Å².